The predicted molar refractivity (Wildman–Crippen MR) is 117 cm³/mol. The number of nitrogens with zero attached hydrogens (tertiary/aromatic N) is 5. The molecule has 1 aliphatic heterocycles. The van der Waals surface area contributed by atoms with E-state index in [0.29, 0.717) is 5.75 Å². The molecule has 0 N–H and O–H groups in total. The van der Waals surface area contributed by atoms with Crippen LogP contribution in [0.5, 0.6) is 11.5 Å². The van der Waals surface area contributed by atoms with E-state index in [4.69, 9.17) is 14.6 Å². The lowest BCUT2D eigenvalue weighted by Gasteiger charge is -2.20. The fraction of sp³-hybridized carbons (Fsp3) is 0.348. The first-order valence-corrected chi connectivity index (χ1v) is 9.99. The van der Waals surface area contributed by atoms with E-state index in [2.05, 4.69) is 35.2 Å². The zero-order chi connectivity index (χ0) is 21.4. The van der Waals surface area contributed by atoms with Crippen molar-refractivity contribution in [3.63, 3.8) is 0 Å². The van der Waals surface area contributed by atoms with Crippen molar-refractivity contribution in [3.8, 4) is 17.2 Å². The number of benzene rings is 2. The lowest BCUT2D eigenvalue weighted by atomic mass is 9.94. The summed E-state index contributed by atoms with van der Waals surface area (Å²) in [6.45, 7) is 6.02. The van der Waals surface area contributed by atoms with Crippen LogP contribution in [0, 0.1) is 13.8 Å². The van der Waals surface area contributed by atoms with Crippen molar-refractivity contribution in [2.45, 2.75) is 33.2 Å². The minimum atomic E-state index is 0.263. The maximum Gasteiger partial charge on any atom is 0.161 e. The molecule has 0 bridgehead atoms. The Morgan fingerprint density at radius 3 is 2.27 bits per heavy atom. The molecular formula is C23H27N5O2. The maximum absolute atomic E-state index is 5.56. The molecule has 7 heteroatoms. The maximum atomic E-state index is 5.56. The van der Waals surface area contributed by atoms with Crippen molar-refractivity contribution in [2.24, 2.45) is 5.10 Å². The summed E-state index contributed by atoms with van der Waals surface area (Å²) in [6.07, 6.45) is 0.870. The van der Waals surface area contributed by atoms with Crippen LogP contribution in [0.3, 0.4) is 0 Å². The molecule has 30 heavy (non-hydrogen) atoms. The van der Waals surface area contributed by atoms with Gasteiger partial charge in [-0.15, -0.1) is 0 Å². The minimum Gasteiger partial charge on any atom is -0.493 e. The van der Waals surface area contributed by atoms with E-state index in [9.17, 15) is 0 Å². The van der Waals surface area contributed by atoms with Crippen LogP contribution in [0.25, 0.3) is 5.69 Å². The first-order chi connectivity index (χ1) is 14.4. The van der Waals surface area contributed by atoms with Crippen molar-refractivity contribution in [1.82, 2.24) is 19.8 Å². The lowest BCUT2D eigenvalue weighted by molar-refractivity contribution is 0.272. The van der Waals surface area contributed by atoms with Crippen molar-refractivity contribution in [3.05, 3.63) is 64.7 Å². The van der Waals surface area contributed by atoms with E-state index in [1.165, 1.54) is 5.56 Å². The van der Waals surface area contributed by atoms with Gasteiger partial charge >= 0.3 is 0 Å². The first kappa shape index (κ1) is 19.9. The van der Waals surface area contributed by atoms with Gasteiger partial charge in [0.2, 0.25) is 0 Å². The molecular weight excluding hydrogens is 378 g/mol. The van der Waals surface area contributed by atoms with E-state index in [1.54, 1.807) is 14.2 Å². The normalized spacial score (nSPS) is 16.0. The van der Waals surface area contributed by atoms with Gasteiger partial charge in [-0.1, -0.05) is 12.1 Å². The zero-order valence-electron chi connectivity index (χ0n) is 18.3. The van der Waals surface area contributed by atoms with E-state index < -0.39 is 0 Å². The van der Waals surface area contributed by atoms with Crippen LogP contribution in [-0.2, 0) is 6.42 Å². The molecule has 7 nitrogen and oxygen atoms in total. The predicted octanol–water partition coefficient (Wildman–Crippen LogP) is 3.53. The highest BCUT2D eigenvalue weighted by molar-refractivity contribution is 6.14. The summed E-state index contributed by atoms with van der Waals surface area (Å²) in [6, 6.07) is 12.6. The number of ether oxygens (including phenoxy) is 2. The second-order valence-electron chi connectivity index (χ2n) is 7.60. The van der Waals surface area contributed by atoms with Gasteiger partial charge in [0.15, 0.2) is 11.5 Å². The third kappa shape index (κ3) is 3.51. The van der Waals surface area contributed by atoms with Gasteiger partial charge in [-0.2, -0.15) is 10.2 Å². The number of likely N-dealkylation sites (N-methyl/N-ethyl adjacent to an activating group) is 1. The summed E-state index contributed by atoms with van der Waals surface area (Å²) in [5, 5.41) is 11.4. The first-order valence-electron chi connectivity index (χ1n) is 9.99. The molecule has 2 aromatic carbocycles. The summed E-state index contributed by atoms with van der Waals surface area (Å²) in [5.41, 5.74) is 5.17. The number of hydrazone groups is 1. The van der Waals surface area contributed by atoms with Crippen LogP contribution in [0.15, 0.2) is 41.5 Å². The van der Waals surface area contributed by atoms with E-state index in [0.717, 1.165) is 46.3 Å². The third-order valence-corrected chi connectivity index (χ3v) is 5.54. The van der Waals surface area contributed by atoms with Crippen LogP contribution in [-0.4, -0.2) is 52.8 Å². The minimum absolute atomic E-state index is 0.263. The number of methoxy groups -OCH3 is 2. The van der Waals surface area contributed by atoms with Crippen LogP contribution >= 0.6 is 0 Å². The Labute approximate surface area is 177 Å². The molecule has 1 aliphatic rings. The van der Waals surface area contributed by atoms with Gasteiger partial charge < -0.3 is 9.47 Å². The average Bonchev–Trinajstić information content (AvgIpc) is 3.03. The van der Waals surface area contributed by atoms with E-state index in [-0.39, 0.29) is 6.04 Å². The van der Waals surface area contributed by atoms with Gasteiger partial charge in [0.25, 0.3) is 0 Å². The Hall–Kier alpha value is -3.35. The molecule has 0 fully saturated rings. The molecule has 0 aliphatic carbocycles. The Balaban J connectivity index is 1.81. The number of hydrogen-bond acceptors (Lipinski definition) is 6. The SMILES string of the molecule is COc1cc2c(cc1OC)C(c1ccc(-n3nc(C)nc3C)cc1)=NN(C)C(C)C2. The third-order valence-electron chi connectivity index (χ3n) is 5.54. The summed E-state index contributed by atoms with van der Waals surface area (Å²) in [4.78, 5) is 4.39. The molecule has 1 aromatic heterocycles. The van der Waals surface area contributed by atoms with Gasteiger partial charge in [-0.05, 0) is 57.0 Å². The molecule has 1 unspecified atom stereocenters. The van der Waals surface area contributed by atoms with Crippen LogP contribution in [0.2, 0.25) is 0 Å². The summed E-state index contributed by atoms with van der Waals surface area (Å²) >= 11 is 0. The second-order valence-corrected chi connectivity index (χ2v) is 7.60. The van der Waals surface area contributed by atoms with Crippen molar-refractivity contribution in [2.75, 3.05) is 21.3 Å². The number of aromatic nitrogens is 3. The molecule has 1 atom stereocenters. The number of rotatable bonds is 4. The van der Waals surface area contributed by atoms with Gasteiger partial charge in [0, 0.05) is 24.2 Å². The Bertz CT molecular complexity index is 1100. The van der Waals surface area contributed by atoms with Crippen LogP contribution < -0.4 is 9.47 Å². The summed E-state index contributed by atoms with van der Waals surface area (Å²) < 4.78 is 12.9. The largest absolute Gasteiger partial charge is 0.493 e. The fourth-order valence-corrected chi connectivity index (χ4v) is 3.81. The van der Waals surface area contributed by atoms with Crippen molar-refractivity contribution < 1.29 is 9.47 Å². The zero-order valence-corrected chi connectivity index (χ0v) is 18.3. The molecule has 0 radical (unpaired) electrons. The smallest absolute Gasteiger partial charge is 0.161 e. The molecule has 0 saturated heterocycles. The van der Waals surface area contributed by atoms with Crippen molar-refractivity contribution >= 4 is 5.71 Å². The van der Waals surface area contributed by atoms with E-state index in [1.807, 2.05) is 48.8 Å². The lowest BCUT2D eigenvalue weighted by Crippen LogP contribution is -2.25. The molecule has 2 heterocycles. The molecule has 156 valence electrons. The second kappa shape index (κ2) is 7.82. The molecule has 4 rings (SSSR count). The van der Waals surface area contributed by atoms with Crippen LogP contribution in [0.4, 0.5) is 0 Å². The van der Waals surface area contributed by atoms with Gasteiger partial charge in [-0.25, -0.2) is 9.67 Å². The highest BCUT2D eigenvalue weighted by Crippen LogP contribution is 2.34. The Morgan fingerprint density at radius 1 is 1.00 bits per heavy atom. The van der Waals surface area contributed by atoms with Gasteiger partial charge in [0.05, 0.1) is 25.6 Å². The molecule has 0 saturated carbocycles. The molecule has 0 spiro atoms. The Morgan fingerprint density at radius 2 is 1.67 bits per heavy atom. The fourth-order valence-electron chi connectivity index (χ4n) is 3.81. The Kier molecular flexibility index (Phi) is 5.20. The number of aryl methyl sites for hydroxylation is 2. The highest BCUT2D eigenvalue weighted by atomic mass is 16.5. The van der Waals surface area contributed by atoms with Gasteiger partial charge in [-0.3, -0.25) is 5.01 Å². The standard InChI is InChI=1S/C23H27N5O2/c1-14-11-18-12-21(29-5)22(30-6)13-20(18)23(26-27(14)4)17-7-9-19(10-8-17)28-16(3)24-15(2)25-28/h7-10,12-14H,11H2,1-6H3. The quantitative estimate of drug-likeness (QED) is 0.664. The van der Waals surface area contributed by atoms with Crippen LogP contribution in [0.1, 0.15) is 35.3 Å². The highest BCUT2D eigenvalue weighted by Gasteiger charge is 2.24. The number of fused-ring (bicyclic) bond motifs is 1. The van der Waals surface area contributed by atoms with Crippen molar-refractivity contribution in [1.29, 1.82) is 0 Å². The molecule has 3 aromatic rings. The average molecular weight is 406 g/mol. The number of hydrogen-bond donors (Lipinski definition) is 0. The molecule has 0 amide bonds. The van der Waals surface area contributed by atoms with E-state index >= 15 is 0 Å². The topological polar surface area (TPSA) is 64.8 Å². The summed E-state index contributed by atoms with van der Waals surface area (Å²) in [7, 11) is 5.34. The van der Waals surface area contributed by atoms with Gasteiger partial charge in [0.1, 0.15) is 11.6 Å². The summed E-state index contributed by atoms with van der Waals surface area (Å²) in [5.74, 6) is 3.06. The monoisotopic (exact) mass is 405 g/mol.